The van der Waals surface area contributed by atoms with Crippen LogP contribution in [0.2, 0.25) is 0 Å². The molecule has 0 fully saturated rings. The number of halogens is 2. The minimum atomic E-state index is -3.88. The summed E-state index contributed by atoms with van der Waals surface area (Å²) in [6, 6.07) is 2.69. The molecule has 0 saturated heterocycles. The maximum absolute atomic E-state index is 14.7. The molecular weight excluding hydrogens is 430 g/mol. The fraction of sp³-hybridized carbons (Fsp3) is 0.300. The summed E-state index contributed by atoms with van der Waals surface area (Å²) < 4.78 is 60.8. The smallest absolute Gasteiger partial charge is 0.224 e. The number of nitrogens with one attached hydrogen (secondary N) is 1. The normalized spacial score (nSPS) is 12.7. The lowest BCUT2D eigenvalue weighted by atomic mass is 10.2. The molecule has 11 heteroatoms. The lowest BCUT2D eigenvalue weighted by Gasteiger charge is -2.21. The van der Waals surface area contributed by atoms with E-state index in [9.17, 15) is 17.2 Å². The standard InChI is InChI=1S/C20H20F2N4O4S/c1-20(2,3)31(28,29)16-10-26-14(9-23-17(26)7-15(16)30-5-4-27)12-6-11-13(21)8-24-19(11)25-18(12)22/h6-10,27H,4-5H2,1-3H3,(H,24,25). The molecule has 0 atom stereocenters. The monoisotopic (exact) mass is 450 g/mol. The summed E-state index contributed by atoms with van der Waals surface area (Å²) in [6.45, 7) is 4.22. The molecule has 0 amide bonds. The minimum Gasteiger partial charge on any atom is -0.490 e. The van der Waals surface area contributed by atoms with Gasteiger partial charge in [-0.15, -0.1) is 0 Å². The molecule has 0 bridgehead atoms. The first kappa shape index (κ1) is 21.2. The molecule has 31 heavy (non-hydrogen) atoms. The van der Waals surface area contributed by atoms with E-state index < -0.39 is 26.3 Å². The van der Waals surface area contributed by atoms with Crippen molar-refractivity contribution in [3.63, 3.8) is 0 Å². The summed E-state index contributed by atoms with van der Waals surface area (Å²) in [5.41, 5.74) is 0.497. The van der Waals surface area contributed by atoms with Crippen LogP contribution in [-0.2, 0) is 9.84 Å². The van der Waals surface area contributed by atoms with Crippen LogP contribution in [0.3, 0.4) is 0 Å². The number of sulfone groups is 1. The van der Waals surface area contributed by atoms with E-state index in [1.54, 1.807) is 20.8 Å². The molecule has 8 nitrogen and oxygen atoms in total. The molecule has 2 N–H and O–H groups in total. The van der Waals surface area contributed by atoms with Crippen LogP contribution in [0.15, 0.2) is 35.6 Å². The number of hydrogen-bond donors (Lipinski definition) is 2. The van der Waals surface area contributed by atoms with Gasteiger partial charge in [0.25, 0.3) is 0 Å². The fourth-order valence-corrected chi connectivity index (χ4v) is 4.44. The number of pyridine rings is 2. The van der Waals surface area contributed by atoms with Gasteiger partial charge in [-0.3, -0.25) is 4.40 Å². The van der Waals surface area contributed by atoms with Crippen LogP contribution in [0.1, 0.15) is 20.8 Å². The Labute approximate surface area is 176 Å². The maximum atomic E-state index is 14.7. The van der Waals surface area contributed by atoms with Crippen LogP contribution in [0.25, 0.3) is 27.9 Å². The number of H-pyrrole nitrogens is 1. The summed E-state index contributed by atoms with van der Waals surface area (Å²) in [5, 5.41) is 9.19. The highest BCUT2D eigenvalue weighted by Gasteiger charge is 2.34. The number of rotatable bonds is 5. The second-order valence-electron chi connectivity index (χ2n) is 7.92. The van der Waals surface area contributed by atoms with Gasteiger partial charge in [-0.25, -0.2) is 22.8 Å². The first-order valence-electron chi connectivity index (χ1n) is 9.37. The van der Waals surface area contributed by atoms with Crippen LogP contribution < -0.4 is 4.74 Å². The Morgan fingerprint density at radius 3 is 2.68 bits per heavy atom. The molecule has 0 radical (unpaired) electrons. The summed E-state index contributed by atoms with van der Waals surface area (Å²) in [7, 11) is -3.88. The van der Waals surface area contributed by atoms with E-state index in [1.165, 1.54) is 28.9 Å². The molecule has 4 rings (SSSR count). The molecule has 0 aromatic carbocycles. The number of fused-ring (bicyclic) bond motifs is 2. The first-order chi connectivity index (χ1) is 14.5. The molecule has 0 aliphatic rings. The number of nitrogens with zero attached hydrogens (tertiary/aromatic N) is 3. The third-order valence-corrected chi connectivity index (χ3v) is 7.36. The third-order valence-electron chi connectivity index (χ3n) is 4.86. The quantitative estimate of drug-likeness (QED) is 0.452. The Balaban J connectivity index is 1.99. The van der Waals surface area contributed by atoms with E-state index >= 15 is 0 Å². The SMILES string of the molecule is CC(C)(C)S(=O)(=O)c1cn2c(-c3cc4c(F)c[nH]c4nc3F)cnc2cc1OCCO. The zero-order valence-corrected chi connectivity index (χ0v) is 17.8. The molecule has 4 aromatic rings. The highest BCUT2D eigenvalue weighted by molar-refractivity contribution is 7.92. The zero-order valence-electron chi connectivity index (χ0n) is 17.0. The third kappa shape index (κ3) is 3.43. The van der Waals surface area contributed by atoms with Gasteiger partial charge in [0.2, 0.25) is 5.95 Å². The average molecular weight is 450 g/mol. The molecule has 0 spiro atoms. The van der Waals surface area contributed by atoms with Crippen molar-refractivity contribution in [1.82, 2.24) is 19.4 Å². The van der Waals surface area contributed by atoms with E-state index in [1.807, 2.05) is 0 Å². The van der Waals surface area contributed by atoms with Gasteiger partial charge in [-0.05, 0) is 26.8 Å². The van der Waals surface area contributed by atoms with Gasteiger partial charge in [0.15, 0.2) is 9.84 Å². The lowest BCUT2D eigenvalue weighted by molar-refractivity contribution is 0.198. The predicted octanol–water partition coefficient (Wildman–Crippen LogP) is 3.10. The molecule has 0 saturated carbocycles. The summed E-state index contributed by atoms with van der Waals surface area (Å²) in [5.74, 6) is -1.43. The maximum Gasteiger partial charge on any atom is 0.224 e. The number of imidazole rings is 1. The van der Waals surface area contributed by atoms with Crippen molar-refractivity contribution in [2.24, 2.45) is 0 Å². The summed E-state index contributed by atoms with van der Waals surface area (Å²) in [6.07, 6.45) is 3.71. The Bertz CT molecular complexity index is 1400. The fourth-order valence-electron chi connectivity index (χ4n) is 3.16. The van der Waals surface area contributed by atoms with E-state index in [0.717, 1.165) is 6.20 Å². The van der Waals surface area contributed by atoms with Crippen molar-refractivity contribution < 1.29 is 27.0 Å². The van der Waals surface area contributed by atoms with E-state index in [-0.39, 0.29) is 51.8 Å². The van der Waals surface area contributed by atoms with Crippen LogP contribution in [-0.4, -0.2) is 50.8 Å². The number of hydrogen-bond acceptors (Lipinski definition) is 6. The van der Waals surface area contributed by atoms with Crippen LogP contribution in [0.4, 0.5) is 8.78 Å². The second kappa shape index (κ2) is 7.27. The van der Waals surface area contributed by atoms with Crippen molar-refractivity contribution in [3.05, 3.63) is 42.5 Å². The van der Waals surface area contributed by atoms with Gasteiger partial charge in [0, 0.05) is 18.5 Å². The van der Waals surface area contributed by atoms with Gasteiger partial charge in [-0.1, -0.05) is 0 Å². The van der Waals surface area contributed by atoms with E-state index in [2.05, 4.69) is 15.0 Å². The molecular formula is C20H20F2N4O4S. The predicted molar refractivity (Wildman–Crippen MR) is 110 cm³/mol. The molecule has 0 aliphatic carbocycles. The highest BCUT2D eigenvalue weighted by Crippen LogP contribution is 2.35. The average Bonchev–Trinajstić information content (AvgIpc) is 3.27. The first-order valence-corrected chi connectivity index (χ1v) is 10.9. The van der Waals surface area contributed by atoms with Gasteiger partial charge in [0.1, 0.15) is 34.4 Å². The molecule has 0 aliphatic heterocycles. The number of aromatic nitrogens is 4. The molecule has 164 valence electrons. The number of ether oxygens (including phenoxy) is 1. The van der Waals surface area contributed by atoms with E-state index in [4.69, 9.17) is 9.84 Å². The topological polar surface area (TPSA) is 110 Å². The van der Waals surface area contributed by atoms with Crippen molar-refractivity contribution in [2.75, 3.05) is 13.2 Å². The lowest BCUT2D eigenvalue weighted by Crippen LogP contribution is -2.28. The van der Waals surface area contributed by atoms with Crippen LogP contribution >= 0.6 is 0 Å². The van der Waals surface area contributed by atoms with Crippen molar-refractivity contribution in [1.29, 1.82) is 0 Å². The highest BCUT2D eigenvalue weighted by atomic mass is 32.2. The Kier molecular flexibility index (Phi) is 4.97. The summed E-state index contributed by atoms with van der Waals surface area (Å²) >= 11 is 0. The molecule has 4 heterocycles. The van der Waals surface area contributed by atoms with Gasteiger partial charge >= 0.3 is 0 Å². The van der Waals surface area contributed by atoms with Gasteiger partial charge in [0.05, 0.1) is 34.2 Å². The second-order valence-corrected chi connectivity index (χ2v) is 10.6. The molecule has 0 unspecified atom stereocenters. The summed E-state index contributed by atoms with van der Waals surface area (Å²) in [4.78, 5) is 10.4. The number of aromatic amines is 1. The Hall–Kier alpha value is -3.05. The van der Waals surface area contributed by atoms with Crippen molar-refractivity contribution in [3.8, 4) is 17.0 Å². The Morgan fingerprint density at radius 1 is 1.26 bits per heavy atom. The van der Waals surface area contributed by atoms with E-state index in [0.29, 0.717) is 0 Å². The Morgan fingerprint density at radius 2 is 2.00 bits per heavy atom. The van der Waals surface area contributed by atoms with Crippen LogP contribution in [0, 0.1) is 11.8 Å². The number of aliphatic hydroxyl groups excluding tert-OH is 1. The van der Waals surface area contributed by atoms with Gasteiger partial charge in [-0.2, -0.15) is 4.39 Å². The van der Waals surface area contributed by atoms with Crippen molar-refractivity contribution in [2.45, 2.75) is 30.4 Å². The van der Waals surface area contributed by atoms with Gasteiger partial charge < -0.3 is 14.8 Å². The zero-order chi connectivity index (χ0) is 22.6. The van der Waals surface area contributed by atoms with Crippen LogP contribution in [0.5, 0.6) is 5.75 Å². The molecule has 4 aromatic heterocycles. The minimum absolute atomic E-state index is 0.0272. The largest absolute Gasteiger partial charge is 0.490 e. The van der Waals surface area contributed by atoms with Crippen molar-refractivity contribution >= 4 is 26.5 Å². The number of aliphatic hydroxyl groups is 1.